The average molecular weight is 311 g/mol. The molecule has 0 amide bonds. The van der Waals surface area contributed by atoms with Crippen molar-refractivity contribution < 1.29 is 22.8 Å². The van der Waals surface area contributed by atoms with Crippen LogP contribution in [-0.4, -0.2) is 24.7 Å². The van der Waals surface area contributed by atoms with Gasteiger partial charge in [0.1, 0.15) is 11.5 Å². The lowest BCUT2D eigenvalue weighted by Crippen LogP contribution is -2.14. The summed E-state index contributed by atoms with van der Waals surface area (Å²) in [6.45, 7) is 1.98. The lowest BCUT2D eigenvalue weighted by molar-refractivity contribution is 0.0697. The van der Waals surface area contributed by atoms with E-state index in [-0.39, 0.29) is 22.7 Å². The summed E-state index contributed by atoms with van der Waals surface area (Å²) in [5.74, 6) is -0.630. The summed E-state index contributed by atoms with van der Waals surface area (Å²) in [4.78, 5) is 10.9. The van der Waals surface area contributed by atoms with E-state index < -0.39 is 16.0 Å². The molecule has 0 saturated carbocycles. The number of anilines is 1. The van der Waals surface area contributed by atoms with Gasteiger partial charge in [-0.25, -0.2) is 18.4 Å². The highest BCUT2D eigenvalue weighted by molar-refractivity contribution is 7.89. The molecule has 0 radical (unpaired) electrons. The van der Waals surface area contributed by atoms with E-state index in [2.05, 4.69) is 10.5 Å². The third-order valence-electron chi connectivity index (χ3n) is 2.69. The van der Waals surface area contributed by atoms with Crippen molar-refractivity contribution in [1.82, 2.24) is 5.16 Å². The Morgan fingerprint density at radius 2 is 2.14 bits per heavy atom. The number of carbonyl (C=O) groups is 1. The maximum atomic E-state index is 11.2. The molecule has 0 saturated heterocycles. The van der Waals surface area contributed by atoms with Crippen LogP contribution in [0.25, 0.3) is 0 Å². The molecule has 112 valence electrons. The monoisotopic (exact) mass is 311 g/mol. The molecule has 1 aromatic carbocycles. The van der Waals surface area contributed by atoms with Gasteiger partial charge in [0.25, 0.3) is 0 Å². The molecule has 0 aliphatic heterocycles. The highest BCUT2D eigenvalue weighted by Gasteiger charge is 2.16. The smallest absolute Gasteiger partial charge is 0.337 e. The van der Waals surface area contributed by atoms with Crippen molar-refractivity contribution in [1.29, 1.82) is 0 Å². The summed E-state index contributed by atoms with van der Waals surface area (Å²) < 4.78 is 27.4. The van der Waals surface area contributed by atoms with Crippen LogP contribution in [0.2, 0.25) is 0 Å². The number of sulfonamides is 1. The van der Waals surface area contributed by atoms with Crippen LogP contribution in [-0.2, 0) is 16.6 Å². The van der Waals surface area contributed by atoms with Crippen molar-refractivity contribution in [3.05, 3.63) is 41.3 Å². The summed E-state index contributed by atoms with van der Waals surface area (Å²) in [6.07, 6.45) is 0. The van der Waals surface area contributed by atoms with Gasteiger partial charge in [0.2, 0.25) is 10.0 Å². The van der Waals surface area contributed by atoms with E-state index in [1.54, 1.807) is 13.0 Å². The van der Waals surface area contributed by atoms with E-state index in [0.29, 0.717) is 11.5 Å². The minimum atomic E-state index is -3.96. The zero-order valence-corrected chi connectivity index (χ0v) is 11.8. The number of carboxylic acid groups (broad SMARTS) is 1. The average Bonchev–Trinajstić information content (AvgIpc) is 2.80. The fourth-order valence-electron chi connectivity index (χ4n) is 1.72. The summed E-state index contributed by atoms with van der Waals surface area (Å²) in [5, 5.41) is 20.8. The Bertz CT molecular complexity index is 782. The molecule has 0 aliphatic rings. The Balaban J connectivity index is 2.28. The number of rotatable bonds is 5. The molecule has 1 heterocycles. The number of hydrogen-bond acceptors (Lipinski definition) is 6. The minimum Gasteiger partial charge on any atom is -0.478 e. The van der Waals surface area contributed by atoms with Gasteiger partial charge >= 0.3 is 5.97 Å². The molecule has 0 unspecified atom stereocenters. The lowest BCUT2D eigenvalue weighted by atomic mass is 10.1. The zero-order valence-electron chi connectivity index (χ0n) is 11.0. The van der Waals surface area contributed by atoms with E-state index in [1.807, 2.05) is 0 Å². The van der Waals surface area contributed by atoms with E-state index in [1.165, 1.54) is 12.1 Å². The van der Waals surface area contributed by atoms with Crippen molar-refractivity contribution in [2.75, 3.05) is 5.32 Å². The maximum absolute atomic E-state index is 11.2. The van der Waals surface area contributed by atoms with Crippen LogP contribution < -0.4 is 10.5 Å². The SMILES string of the molecule is Cc1cc(CNc2ccc(S(N)(=O)=O)cc2C(=O)O)no1. The van der Waals surface area contributed by atoms with Crippen molar-refractivity contribution in [2.45, 2.75) is 18.4 Å². The van der Waals surface area contributed by atoms with Crippen molar-refractivity contribution in [3.63, 3.8) is 0 Å². The summed E-state index contributed by atoms with van der Waals surface area (Å²) >= 11 is 0. The van der Waals surface area contributed by atoms with E-state index in [4.69, 9.17) is 14.8 Å². The molecule has 21 heavy (non-hydrogen) atoms. The molecule has 4 N–H and O–H groups in total. The fraction of sp³-hybridized carbons (Fsp3) is 0.167. The summed E-state index contributed by atoms with van der Waals surface area (Å²) in [7, 11) is -3.96. The molecule has 0 fully saturated rings. The minimum absolute atomic E-state index is 0.193. The van der Waals surface area contributed by atoms with Gasteiger partial charge in [0.15, 0.2) is 0 Å². The molecule has 0 bridgehead atoms. The highest BCUT2D eigenvalue weighted by Crippen LogP contribution is 2.20. The number of carboxylic acids is 1. The van der Waals surface area contributed by atoms with Gasteiger partial charge in [-0.05, 0) is 25.1 Å². The molecule has 1 aromatic heterocycles. The van der Waals surface area contributed by atoms with E-state index in [0.717, 1.165) is 6.07 Å². The second-order valence-corrected chi connectivity index (χ2v) is 5.90. The number of aromatic nitrogens is 1. The quantitative estimate of drug-likeness (QED) is 0.747. The molecule has 0 atom stereocenters. The predicted octanol–water partition coefficient (Wildman–Crippen LogP) is 0.941. The van der Waals surface area contributed by atoms with Crippen LogP contribution in [0.1, 0.15) is 21.8 Å². The number of aryl methyl sites for hydroxylation is 1. The topological polar surface area (TPSA) is 136 Å². The normalized spacial score (nSPS) is 11.3. The van der Waals surface area contributed by atoms with Crippen LogP contribution in [0.15, 0.2) is 33.7 Å². The molecule has 9 heteroatoms. The third-order valence-corrected chi connectivity index (χ3v) is 3.60. The summed E-state index contributed by atoms with van der Waals surface area (Å²) in [5.41, 5.74) is 0.664. The first kappa shape index (κ1) is 15.0. The van der Waals surface area contributed by atoms with Crippen LogP contribution >= 0.6 is 0 Å². The van der Waals surface area contributed by atoms with Gasteiger partial charge in [-0.1, -0.05) is 5.16 Å². The molecule has 2 rings (SSSR count). The van der Waals surface area contributed by atoms with Crippen molar-refractivity contribution >= 4 is 21.7 Å². The lowest BCUT2D eigenvalue weighted by Gasteiger charge is -2.09. The number of primary sulfonamides is 1. The Kier molecular flexibility index (Phi) is 3.96. The van der Waals surface area contributed by atoms with Gasteiger partial charge in [0.05, 0.1) is 17.0 Å². The fourth-order valence-corrected chi connectivity index (χ4v) is 2.26. The molecule has 2 aromatic rings. The van der Waals surface area contributed by atoms with Crippen LogP contribution in [0.5, 0.6) is 0 Å². The van der Waals surface area contributed by atoms with Crippen molar-refractivity contribution in [3.8, 4) is 0 Å². The first-order valence-electron chi connectivity index (χ1n) is 5.83. The zero-order chi connectivity index (χ0) is 15.6. The van der Waals surface area contributed by atoms with Gasteiger partial charge < -0.3 is 14.9 Å². The number of hydrogen-bond donors (Lipinski definition) is 3. The Morgan fingerprint density at radius 1 is 1.43 bits per heavy atom. The van der Waals surface area contributed by atoms with Gasteiger partial charge in [-0.15, -0.1) is 0 Å². The van der Waals surface area contributed by atoms with E-state index >= 15 is 0 Å². The van der Waals surface area contributed by atoms with Crippen LogP contribution in [0.4, 0.5) is 5.69 Å². The van der Waals surface area contributed by atoms with Gasteiger partial charge in [-0.2, -0.15) is 0 Å². The Hall–Kier alpha value is -2.39. The number of aromatic carboxylic acids is 1. The van der Waals surface area contributed by atoms with Gasteiger partial charge in [-0.3, -0.25) is 0 Å². The van der Waals surface area contributed by atoms with Crippen LogP contribution in [0.3, 0.4) is 0 Å². The molecular formula is C12H13N3O5S. The molecule has 8 nitrogen and oxygen atoms in total. The second kappa shape index (κ2) is 5.54. The largest absolute Gasteiger partial charge is 0.478 e. The first-order chi connectivity index (χ1) is 9.77. The first-order valence-corrected chi connectivity index (χ1v) is 7.38. The van der Waals surface area contributed by atoms with E-state index in [9.17, 15) is 13.2 Å². The van der Waals surface area contributed by atoms with Crippen LogP contribution in [0, 0.1) is 6.92 Å². The molecular weight excluding hydrogens is 298 g/mol. The number of nitrogens with zero attached hydrogens (tertiary/aromatic N) is 1. The Morgan fingerprint density at radius 3 is 2.67 bits per heavy atom. The molecule has 0 aliphatic carbocycles. The highest BCUT2D eigenvalue weighted by atomic mass is 32.2. The maximum Gasteiger partial charge on any atom is 0.337 e. The molecule has 0 spiro atoms. The van der Waals surface area contributed by atoms with Crippen molar-refractivity contribution in [2.24, 2.45) is 5.14 Å². The number of benzene rings is 1. The standard InChI is InChI=1S/C12H13N3O5S/c1-7-4-8(15-20-7)6-14-11-3-2-9(21(13,18)19)5-10(11)12(16)17/h2-5,14H,6H2,1H3,(H,16,17)(H2,13,18,19). The predicted molar refractivity (Wildman–Crippen MR) is 73.3 cm³/mol. The summed E-state index contributed by atoms with van der Waals surface area (Å²) in [6, 6.07) is 5.29. The van der Waals surface area contributed by atoms with Gasteiger partial charge in [0, 0.05) is 11.8 Å². The Labute approximate surface area is 120 Å². The number of nitrogens with two attached hydrogens (primary N) is 1. The second-order valence-electron chi connectivity index (χ2n) is 4.34. The third kappa shape index (κ3) is 3.58. The number of nitrogens with one attached hydrogen (secondary N) is 1.